The van der Waals surface area contributed by atoms with Crippen LogP contribution in [0.25, 0.3) is 0 Å². The van der Waals surface area contributed by atoms with Crippen molar-refractivity contribution in [2.24, 2.45) is 0 Å². The first-order valence-electron chi connectivity index (χ1n) is 8.14. The number of hydrogen-bond donors (Lipinski definition) is 0. The fourth-order valence-corrected chi connectivity index (χ4v) is 3.45. The van der Waals surface area contributed by atoms with Gasteiger partial charge in [-0.05, 0) is 44.9 Å². The van der Waals surface area contributed by atoms with Gasteiger partial charge in [-0.1, -0.05) is 0 Å². The van der Waals surface area contributed by atoms with Crippen LogP contribution in [-0.2, 0) is 0 Å². The first-order valence-corrected chi connectivity index (χ1v) is 8.14. The van der Waals surface area contributed by atoms with E-state index in [0.717, 1.165) is 24.4 Å². The van der Waals surface area contributed by atoms with E-state index < -0.39 is 5.82 Å². The van der Waals surface area contributed by atoms with Gasteiger partial charge >= 0.3 is 0 Å². The molecule has 0 bridgehead atoms. The summed E-state index contributed by atoms with van der Waals surface area (Å²) in [7, 11) is 1.41. The van der Waals surface area contributed by atoms with Crippen LogP contribution in [0.15, 0.2) is 24.4 Å². The first kappa shape index (κ1) is 16.5. The lowest BCUT2D eigenvalue weighted by Crippen LogP contribution is -2.41. The van der Waals surface area contributed by atoms with Crippen molar-refractivity contribution >= 4 is 5.91 Å². The van der Waals surface area contributed by atoms with Gasteiger partial charge in [0.25, 0.3) is 5.91 Å². The van der Waals surface area contributed by atoms with Gasteiger partial charge in [0.05, 0.1) is 13.2 Å². The number of methoxy groups -OCH3 is 1. The quantitative estimate of drug-likeness (QED) is 0.868. The molecule has 0 spiro atoms. The number of amides is 1. The number of benzene rings is 1. The number of piperidine rings is 1. The average Bonchev–Trinajstić information content (AvgIpc) is 2.93. The van der Waals surface area contributed by atoms with Crippen molar-refractivity contribution in [2.45, 2.75) is 32.7 Å². The highest BCUT2D eigenvalue weighted by Crippen LogP contribution is 2.26. The maximum atomic E-state index is 13.9. The topological polar surface area (TPSA) is 47.4 Å². The molecule has 3 rings (SSSR count). The Bertz CT molecular complexity index is 737. The molecule has 2 heterocycles. The maximum absolute atomic E-state index is 13.9. The number of likely N-dealkylation sites (tertiary alicyclic amines) is 1. The van der Waals surface area contributed by atoms with Gasteiger partial charge in [-0.2, -0.15) is 0 Å². The standard InChI is InChI=1S/C18H22FN3O2/c1-12-10-20-13(2)22(12)15-5-4-8-21(11-15)18(23)14-6-7-17(24-3)16(19)9-14/h6-7,9-10,15H,4-5,8,11H2,1-3H3. The Hall–Kier alpha value is -2.37. The van der Waals surface area contributed by atoms with Crippen LogP contribution in [0.4, 0.5) is 4.39 Å². The number of halogens is 1. The molecule has 1 saturated heterocycles. The van der Waals surface area contributed by atoms with E-state index >= 15 is 0 Å². The van der Waals surface area contributed by atoms with Crippen molar-refractivity contribution in [1.82, 2.24) is 14.5 Å². The van der Waals surface area contributed by atoms with E-state index in [1.807, 2.05) is 20.0 Å². The maximum Gasteiger partial charge on any atom is 0.254 e. The van der Waals surface area contributed by atoms with Crippen LogP contribution >= 0.6 is 0 Å². The molecule has 0 radical (unpaired) electrons. The summed E-state index contributed by atoms with van der Waals surface area (Å²) in [5.74, 6) is 0.449. The average molecular weight is 331 g/mol. The van der Waals surface area contributed by atoms with Crippen LogP contribution < -0.4 is 4.74 Å². The van der Waals surface area contributed by atoms with Crippen LogP contribution in [0.1, 0.15) is 40.8 Å². The Kier molecular flexibility index (Phi) is 4.55. The van der Waals surface area contributed by atoms with Gasteiger partial charge < -0.3 is 14.2 Å². The molecule has 2 aromatic rings. The van der Waals surface area contributed by atoms with Crippen molar-refractivity contribution in [3.63, 3.8) is 0 Å². The third-order valence-corrected chi connectivity index (χ3v) is 4.61. The van der Waals surface area contributed by atoms with Gasteiger partial charge in [-0.15, -0.1) is 0 Å². The number of rotatable bonds is 3. The second-order valence-electron chi connectivity index (χ2n) is 6.21. The molecular formula is C18H22FN3O2. The van der Waals surface area contributed by atoms with E-state index in [9.17, 15) is 9.18 Å². The first-order chi connectivity index (χ1) is 11.5. The lowest BCUT2D eigenvalue weighted by molar-refractivity contribution is 0.0676. The number of nitrogens with zero attached hydrogens (tertiary/aromatic N) is 3. The molecule has 6 heteroatoms. The van der Waals surface area contributed by atoms with Gasteiger partial charge in [0, 0.05) is 30.5 Å². The van der Waals surface area contributed by atoms with E-state index in [-0.39, 0.29) is 17.7 Å². The van der Waals surface area contributed by atoms with Gasteiger partial charge in [0.2, 0.25) is 0 Å². The van der Waals surface area contributed by atoms with Gasteiger partial charge in [0.1, 0.15) is 5.82 Å². The Morgan fingerprint density at radius 2 is 2.17 bits per heavy atom. The highest BCUT2D eigenvalue weighted by atomic mass is 19.1. The zero-order valence-corrected chi connectivity index (χ0v) is 14.3. The lowest BCUT2D eigenvalue weighted by Gasteiger charge is -2.34. The number of hydrogen-bond acceptors (Lipinski definition) is 3. The predicted molar refractivity (Wildman–Crippen MR) is 88.8 cm³/mol. The third-order valence-electron chi connectivity index (χ3n) is 4.61. The second-order valence-corrected chi connectivity index (χ2v) is 6.21. The Morgan fingerprint density at radius 1 is 1.38 bits per heavy atom. The van der Waals surface area contributed by atoms with Crippen LogP contribution in [0.2, 0.25) is 0 Å². The van der Waals surface area contributed by atoms with Crippen molar-refractivity contribution in [1.29, 1.82) is 0 Å². The van der Waals surface area contributed by atoms with E-state index in [1.165, 1.54) is 19.2 Å². The van der Waals surface area contributed by atoms with Gasteiger partial charge in [-0.25, -0.2) is 9.37 Å². The molecule has 5 nitrogen and oxygen atoms in total. The summed E-state index contributed by atoms with van der Waals surface area (Å²) in [5.41, 5.74) is 1.45. The lowest BCUT2D eigenvalue weighted by atomic mass is 10.0. The van der Waals surface area contributed by atoms with Gasteiger partial charge in [0.15, 0.2) is 11.6 Å². The summed E-state index contributed by atoms with van der Waals surface area (Å²) in [5, 5.41) is 0. The fourth-order valence-electron chi connectivity index (χ4n) is 3.45. The molecule has 1 aliphatic rings. The minimum absolute atomic E-state index is 0.142. The van der Waals surface area contributed by atoms with Crippen LogP contribution in [-0.4, -0.2) is 40.6 Å². The van der Waals surface area contributed by atoms with E-state index in [4.69, 9.17) is 4.74 Å². The van der Waals surface area contributed by atoms with E-state index in [1.54, 1.807) is 11.0 Å². The SMILES string of the molecule is COc1ccc(C(=O)N2CCCC(n3c(C)cnc3C)C2)cc1F. The molecule has 1 atom stereocenters. The summed E-state index contributed by atoms with van der Waals surface area (Å²) < 4.78 is 21.0. The molecule has 1 unspecified atom stereocenters. The summed E-state index contributed by atoms with van der Waals surface area (Å²) >= 11 is 0. The summed E-state index contributed by atoms with van der Waals surface area (Å²) in [6, 6.07) is 4.57. The Labute approximate surface area is 141 Å². The summed E-state index contributed by atoms with van der Waals surface area (Å²) in [4.78, 5) is 18.9. The van der Waals surface area contributed by atoms with Gasteiger partial charge in [-0.3, -0.25) is 4.79 Å². The molecule has 0 N–H and O–H groups in total. The van der Waals surface area contributed by atoms with E-state index in [0.29, 0.717) is 18.7 Å². The normalized spacial score (nSPS) is 17.8. The Morgan fingerprint density at radius 3 is 2.79 bits per heavy atom. The van der Waals surface area contributed by atoms with Crippen molar-refractivity contribution < 1.29 is 13.9 Å². The Balaban J connectivity index is 1.79. The molecule has 0 saturated carbocycles. The molecular weight excluding hydrogens is 309 g/mol. The second kappa shape index (κ2) is 6.63. The molecule has 1 aromatic heterocycles. The number of carbonyl (C=O) groups is 1. The zero-order valence-electron chi connectivity index (χ0n) is 14.3. The number of carbonyl (C=O) groups excluding carboxylic acids is 1. The van der Waals surface area contributed by atoms with Crippen LogP contribution in [0, 0.1) is 19.7 Å². The third kappa shape index (κ3) is 3.00. The van der Waals surface area contributed by atoms with Crippen molar-refractivity contribution in [3.8, 4) is 5.75 Å². The highest BCUT2D eigenvalue weighted by Gasteiger charge is 2.27. The highest BCUT2D eigenvalue weighted by molar-refractivity contribution is 5.94. The summed E-state index contributed by atoms with van der Waals surface area (Å²) in [6.07, 6.45) is 3.79. The fraction of sp³-hybridized carbons (Fsp3) is 0.444. The zero-order chi connectivity index (χ0) is 17.3. The monoisotopic (exact) mass is 331 g/mol. The largest absolute Gasteiger partial charge is 0.494 e. The van der Waals surface area contributed by atoms with Crippen LogP contribution in [0.5, 0.6) is 5.75 Å². The molecule has 24 heavy (non-hydrogen) atoms. The molecule has 1 fully saturated rings. The number of ether oxygens (including phenoxy) is 1. The molecule has 128 valence electrons. The minimum Gasteiger partial charge on any atom is -0.494 e. The summed E-state index contributed by atoms with van der Waals surface area (Å²) in [6.45, 7) is 5.31. The molecule has 1 aliphatic heterocycles. The number of aromatic nitrogens is 2. The molecule has 0 aliphatic carbocycles. The van der Waals surface area contributed by atoms with Crippen molar-refractivity contribution in [2.75, 3.05) is 20.2 Å². The molecule has 1 aromatic carbocycles. The van der Waals surface area contributed by atoms with E-state index in [2.05, 4.69) is 9.55 Å². The molecule has 1 amide bonds. The number of aryl methyl sites for hydroxylation is 2. The number of imidazole rings is 1. The minimum atomic E-state index is -0.516. The predicted octanol–water partition coefficient (Wildman–Crippen LogP) is 3.12. The van der Waals surface area contributed by atoms with Crippen LogP contribution in [0.3, 0.4) is 0 Å². The van der Waals surface area contributed by atoms with Crippen molar-refractivity contribution in [3.05, 3.63) is 47.3 Å². The smallest absolute Gasteiger partial charge is 0.254 e.